The van der Waals surface area contributed by atoms with Crippen LogP contribution in [0.4, 0.5) is 0 Å². The molecule has 2 atom stereocenters. The van der Waals surface area contributed by atoms with E-state index < -0.39 is 16.0 Å². The van der Waals surface area contributed by atoms with Crippen molar-refractivity contribution < 1.29 is 23.1 Å². The van der Waals surface area contributed by atoms with Crippen molar-refractivity contribution in [1.29, 1.82) is 0 Å². The van der Waals surface area contributed by atoms with E-state index in [1.165, 1.54) is 4.31 Å². The number of sulfonamides is 1. The molecule has 0 unspecified atom stereocenters. The highest BCUT2D eigenvalue weighted by Gasteiger charge is 2.39. The molecule has 0 spiro atoms. The molecule has 8 nitrogen and oxygen atoms in total. The second kappa shape index (κ2) is 8.55. The van der Waals surface area contributed by atoms with Crippen molar-refractivity contribution in [3.8, 4) is 5.75 Å². The van der Waals surface area contributed by atoms with E-state index in [-0.39, 0.29) is 29.8 Å². The Morgan fingerprint density at radius 1 is 1.19 bits per heavy atom. The minimum atomic E-state index is -3.68. The van der Waals surface area contributed by atoms with Crippen molar-refractivity contribution in [3.05, 3.63) is 53.7 Å². The zero-order chi connectivity index (χ0) is 23.0. The highest BCUT2D eigenvalue weighted by atomic mass is 32.2. The van der Waals surface area contributed by atoms with Gasteiger partial charge in [-0.1, -0.05) is 19.1 Å². The van der Waals surface area contributed by atoms with Gasteiger partial charge in [-0.3, -0.25) is 9.48 Å². The van der Waals surface area contributed by atoms with Crippen LogP contribution in [0.2, 0.25) is 0 Å². The molecule has 4 rings (SSSR count). The highest BCUT2D eigenvalue weighted by molar-refractivity contribution is 7.89. The van der Waals surface area contributed by atoms with Gasteiger partial charge in [-0.15, -0.1) is 0 Å². The number of aryl methyl sites for hydroxylation is 1. The largest absolute Gasteiger partial charge is 0.494 e. The second-order valence-electron chi connectivity index (χ2n) is 8.25. The van der Waals surface area contributed by atoms with E-state index in [4.69, 9.17) is 4.74 Å². The predicted molar refractivity (Wildman–Crippen MR) is 120 cm³/mol. The van der Waals surface area contributed by atoms with Crippen molar-refractivity contribution in [3.63, 3.8) is 0 Å². The first-order valence-electron chi connectivity index (χ1n) is 10.6. The second-order valence-corrected chi connectivity index (χ2v) is 10.2. The number of aliphatic carboxylic acids is 1. The van der Waals surface area contributed by atoms with Crippen molar-refractivity contribution in [1.82, 2.24) is 14.1 Å². The van der Waals surface area contributed by atoms with Crippen LogP contribution in [0.1, 0.15) is 31.1 Å². The number of carbonyl (C=O) groups is 1. The maximum atomic E-state index is 13.3. The monoisotopic (exact) mass is 457 g/mol. The molecule has 1 fully saturated rings. The summed E-state index contributed by atoms with van der Waals surface area (Å²) in [7, 11) is -3.68. The number of carboxylic acid groups (broad SMARTS) is 1. The van der Waals surface area contributed by atoms with Crippen molar-refractivity contribution in [2.24, 2.45) is 5.92 Å². The van der Waals surface area contributed by atoms with E-state index in [1.54, 1.807) is 24.3 Å². The standard InChI is InChI=1S/C23H27N3O5S/c1-4-31-17-6-8-18(9-7-17)32(29,30)25-13-16(3)22(14-25)26-21-11-15(2)5-10-19(21)20(24-26)12-23(27)28/h5-11,16,22H,4,12-14H2,1-3H3,(H,27,28)/t16-,22+/m1/s1. The highest BCUT2D eigenvalue weighted by Crippen LogP contribution is 2.35. The summed E-state index contributed by atoms with van der Waals surface area (Å²) in [5, 5.41) is 14.7. The number of nitrogens with zero attached hydrogens (tertiary/aromatic N) is 3. The SMILES string of the molecule is CCOc1ccc(S(=O)(=O)N2C[C@@H](C)[C@@H](n3nc(CC(=O)O)c4ccc(C)cc43)C2)cc1. The van der Waals surface area contributed by atoms with Crippen LogP contribution < -0.4 is 4.74 Å². The first-order chi connectivity index (χ1) is 15.2. The summed E-state index contributed by atoms with van der Waals surface area (Å²) in [6, 6.07) is 12.1. The lowest BCUT2D eigenvalue weighted by atomic mass is 10.1. The topological polar surface area (TPSA) is 102 Å². The van der Waals surface area contributed by atoms with Gasteiger partial charge in [0.25, 0.3) is 0 Å². The van der Waals surface area contributed by atoms with E-state index in [0.717, 1.165) is 16.5 Å². The molecule has 3 aromatic rings. The fraction of sp³-hybridized carbons (Fsp3) is 0.391. The minimum Gasteiger partial charge on any atom is -0.494 e. The zero-order valence-electron chi connectivity index (χ0n) is 18.4. The molecule has 0 saturated carbocycles. The third-order valence-corrected chi connectivity index (χ3v) is 7.73. The number of benzene rings is 2. The van der Waals surface area contributed by atoms with Gasteiger partial charge in [0.15, 0.2) is 0 Å². The number of aromatic nitrogens is 2. The maximum Gasteiger partial charge on any atom is 0.309 e. The van der Waals surface area contributed by atoms with Gasteiger partial charge in [0, 0.05) is 18.5 Å². The van der Waals surface area contributed by atoms with Gasteiger partial charge in [0.1, 0.15) is 5.75 Å². The molecule has 32 heavy (non-hydrogen) atoms. The summed E-state index contributed by atoms with van der Waals surface area (Å²) in [4.78, 5) is 11.6. The lowest BCUT2D eigenvalue weighted by Gasteiger charge is -2.18. The number of hydrogen-bond donors (Lipinski definition) is 1. The van der Waals surface area contributed by atoms with E-state index in [2.05, 4.69) is 5.10 Å². The molecule has 1 aliphatic heterocycles. The van der Waals surface area contributed by atoms with Crippen LogP contribution in [-0.4, -0.2) is 53.3 Å². The zero-order valence-corrected chi connectivity index (χ0v) is 19.2. The number of ether oxygens (including phenoxy) is 1. The Balaban J connectivity index is 1.66. The first-order valence-corrected chi connectivity index (χ1v) is 12.1. The van der Waals surface area contributed by atoms with Gasteiger partial charge in [0.05, 0.1) is 35.2 Å². The summed E-state index contributed by atoms with van der Waals surface area (Å²) in [6.07, 6.45) is -0.179. The lowest BCUT2D eigenvalue weighted by Crippen LogP contribution is -2.29. The quantitative estimate of drug-likeness (QED) is 0.584. The average Bonchev–Trinajstić information content (AvgIpc) is 3.29. The molecule has 0 bridgehead atoms. The molecule has 170 valence electrons. The number of hydrogen-bond acceptors (Lipinski definition) is 5. The molecule has 1 aromatic heterocycles. The molecule has 0 radical (unpaired) electrons. The number of fused-ring (bicyclic) bond motifs is 1. The predicted octanol–water partition coefficient (Wildman–Crippen LogP) is 3.25. The third kappa shape index (κ3) is 4.10. The maximum absolute atomic E-state index is 13.3. The van der Waals surface area contributed by atoms with Gasteiger partial charge in [-0.25, -0.2) is 8.42 Å². The Morgan fingerprint density at radius 3 is 2.56 bits per heavy atom. The lowest BCUT2D eigenvalue weighted by molar-refractivity contribution is -0.136. The molecule has 9 heteroatoms. The smallest absolute Gasteiger partial charge is 0.309 e. The van der Waals surface area contributed by atoms with Crippen LogP contribution in [0.15, 0.2) is 47.4 Å². The Hall–Kier alpha value is -2.91. The van der Waals surface area contributed by atoms with Crippen molar-refractivity contribution in [2.45, 2.75) is 38.1 Å². The van der Waals surface area contributed by atoms with E-state index in [9.17, 15) is 18.3 Å². The molecule has 1 aliphatic rings. The number of carboxylic acids is 1. The van der Waals surface area contributed by atoms with Crippen LogP contribution >= 0.6 is 0 Å². The molecular weight excluding hydrogens is 430 g/mol. The summed E-state index contributed by atoms with van der Waals surface area (Å²) in [5.41, 5.74) is 2.36. The van der Waals surface area contributed by atoms with Crippen LogP contribution in [0.25, 0.3) is 10.9 Å². The van der Waals surface area contributed by atoms with Crippen molar-refractivity contribution in [2.75, 3.05) is 19.7 Å². The first kappa shape index (κ1) is 22.3. The molecule has 0 amide bonds. The van der Waals surface area contributed by atoms with E-state index in [0.29, 0.717) is 24.6 Å². The van der Waals surface area contributed by atoms with Crippen LogP contribution in [0.5, 0.6) is 5.75 Å². The summed E-state index contributed by atoms with van der Waals surface area (Å²) in [6.45, 7) is 6.99. The van der Waals surface area contributed by atoms with E-state index >= 15 is 0 Å². The Bertz CT molecular complexity index is 1250. The normalized spacial score (nSPS) is 19.5. The van der Waals surface area contributed by atoms with Crippen LogP contribution in [0.3, 0.4) is 0 Å². The summed E-state index contributed by atoms with van der Waals surface area (Å²) < 4.78 is 35.3. The molecule has 1 saturated heterocycles. The van der Waals surface area contributed by atoms with Gasteiger partial charge in [-0.2, -0.15) is 9.40 Å². The van der Waals surface area contributed by atoms with Crippen LogP contribution in [0, 0.1) is 12.8 Å². The molecule has 1 N–H and O–H groups in total. The average molecular weight is 458 g/mol. The molecular formula is C23H27N3O5S. The van der Waals surface area contributed by atoms with E-state index in [1.807, 2.05) is 43.7 Å². The molecule has 0 aliphatic carbocycles. The third-order valence-electron chi connectivity index (χ3n) is 5.88. The van der Waals surface area contributed by atoms with Gasteiger partial charge < -0.3 is 9.84 Å². The Kier molecular flexibility index (Phi) is 5.96. The summed E-state index contributed by atoms with van der Waals surface area (Å²) >= 11 is 0. The molecule has 2 heterocycles. The van der Waals surface area contributed by atoms with Gasteiger partial charge >= 0.3 is 5.97 Å². The Morgan fingerprint density at radius 2 is 1.91 bits per heavy atom. The summed E-state index contributed by atoms with van der Waals surface area (Å²) in [5.74, 6) is -0.312. The fourth-order valence-electron chi connectivity index (χ4n) is 4.28. The van der Waals surface area contributed by atoms with Gasteiger partial charge in [-0.05, 0) is 55.7 Å². The minimum absolute atomic E-state index is 0.00811. The van der Waals surface area contributed by atoms with Crippen LogP contribution in [-0.2, 0) is 21.2 Å². The Labute approximate surface area is 187 Å². The van der Waals surface area contributed by atoms with Crippen molar-refractivity contribution >= 4 is 26.9 Å². The number of rotatable bonds is 7. The van der Waals surface area contributed by atoms with Gasteiger partial charge in [0.2, 0.25) is 10.0 Å². The molecule has 2 aromatic carbocycles. The fourth-order valence-corrected chi connectivity index (χ4v) is 5.84.